The van der Waals surface area contributed by atoms with Crippen molar-refractivity contribution < 1.29 is 5.11 Å². The first kappa shape index (κ1) is 23.9. The number of rotatable bonds is 7. The Hall–Kier alpha value is -3.82. The third-order valence-corrected chi connectivity index (χ3v) is 7.13. The van der Waals surface area contributed by atoms with Crippen LogP contribution in [0.3, 0.4) is 0 Å². The molecule has 1 aromatic heterocycles. The van der Waals surface area contributed by atoms with Gasteiger partial charge >= 0.3 is 0 Å². The molecule has 0 fully saturated rings. The van der Waals surface area contributed by atoms with Crippen molar-refractivity contribution in [1.82, 2.24) is 4.57 Å². The summed E-state index contributed by atoms with van der Waals surface area (Å²) >= 11 is 0. The van der Waals surface area contributed by atoms with Gasteiger partial charge < -0.3 is 15.0 Å². The summed E-state index contributed by atoms with van der Waals surface area (Å²) in [6, 6.07) is 32.0. The first-order chi connectivity index (χ1) is 17.4. The van der Waals surface area contributed by atoms with Crippen LogP contribution in [0.2, 0.25) is 0 Å². The number of anilines is 1. The van der Waals surface area contributed by atoms with E-state index in [0.29, 0.717) is 13.1 Å². The predicted octanol–water partition coefficient (Wildman–Crippen LogP) is 7.68. The van der Waals surface area contributed by atoms with Gasteiger partial charge in [-0.25, -0.2) is 0 Å². The van der Waals surface area contributed by atoms with E-state index in [9.17, 15) is 5.11 Å². The summed E-state index contributed by atoms with van der Waals surface area (Å²) in [4.78, 5) is 0. The molecule has 0 spiro atoms. The number of aliphatic hydroxyl groups is 1. The van der Waals surface area contributed by atoms with Crippen LogP contribution in [-0.2, 0) is 6.54 Å². The summed E-state index contributed by atoms with van der Waals surface area (Å²) in [6.45, 7) is 9.54. The number of nitrogens with zero attached hydrogens (tertiary/aromatic N) is 1. The molecule has 3 heteroatoms. The fourth-order valence-electron chi connectivity index (χ4n) is 5.30. The molecule has 0 bridgehead atoms. The Balaban J connectivity index is 1.64. The molecule has 0 radical (unpaired) electrons. The highest BCUT2D eigenvalue weighted by Gasteiger charge is 2.23. The molecule has 0 unspecified atom stereocenters. The summed E-state index contributed by atoms with van der Waals surface area (Å²) < 4.78 is 2.33. The maximum Gasteiger partial charge on any atom is 0.0891 e. The molecule has 3 nitrogen and oxygen atoms in total. The highest BCUT2D eigenvalue weighted by molar-refractivity contribution is 6.06. The van der Waals surface area contributed by atoms with Crippen molar-refractivity contribution in [2.45, 2.75) is 40.3 Å². The number of aryl methyl sites for hydroxylation is 3. The van der Waals surface area contributed by atoms with Crippen LogP contribution in [0.1, 0.15) is 22.3 Å². The molecule has 4 aromatic carbocycles. The van der Waals surface area contributed by atoms with Gasteiger partial charge in [0.05, 0.1) is 23.9 Å². The Morgan fingerprint density at radius 3 is 2.11 bits per heavy atom. The van der Waals surface area contributed by atoms with Crippen LogP contribution in [0.4, 0.5) is 5.69 Å². The fourth-order valence-corrected chi connectivity index (χ4v) is 5.30. The van der Waals surface area contributed by atoms with E-state index in [1.54, 1.807) is 0 Å². The molecule has 1 heterocycles. The van der Waals surface area contributed by atoms with Gasteiger partial charge in [-0.3, -0.25) is 0 Å². The summed E-state index contributed by atoms with van der Waals surface area (Å²) in [5.41, 5.74) is 11.9. The lowest BCUT2D eigenvalue weighted by molar-refractivity contribution is 0.169. The fraction of sp³-hybridized carbons (Fsp3) is 0.212. The van der Waals surface area contributed by atoms with Gasteiger partial charge in [0.2, 0.25) is 0 Å². The molecule has 36 heavy (non-hydrogen) atoms. The molecule has 0 amide bonds. The standard InChI is InChI=1S/C33H34N2O/c1-22-18-24(3)32-29(19-22)31(26-13-7-5-8-14-26)33(27-15-9-6-10-16-27)35(32)21-28(36)20-34-30-17-11-12-23(2)25(30)4/h5-19,28,34,36H,20-21H2,1-4H3/t28-/m0/s1. The number of nitrogens with one attached hydrogen (secondary N) is 1. The van der Waals surface area contributed by atoms with Crippen LogP contribution in [0.15, 0.2) is 91.0 Å². The smallest absolute Gasteiger partial charge is 0.0891 e. The van der Waals surface area contributed by atoms with Crippen molar-refractivity contribution in [3.8, 4) is 22.4 Å². The Bertz CT molecular complexity index is 1500. The third-order valence-electron chi connectivity index (χ3n) is 7.13. The van der Waals surface area contributed by atoms with Gasteiger partial charge in [0.1, 0.15) is 0 Å². The molecule has 0 aliphatic rings. The van der Waals surface area contributed by atoms with Crippen LogP contribution < -0.4 is 5.32 Å². The molecule has 182 valence electrons. The highest BCUT2D eigenvalue weighted by atomic mass is 16.3. The minimum Gasteiger partial charge on any atom is -0.389 e. The summed E-state index contributed by atoms with van der Waals surface area (Å²) in [5.74, 6) is 0. The van der Waals surface area contributed by atoms with E-state index < -0.39 is 6.10 Å². The first-order valence-corrected chi connectivity index (χ1v) is 12.7. The quantitative estimate of drug-likeness (QED) is 0.254. The third kappa shape index (κ3) is 4.55. The number of hydrogen-bond donors (Lipinski definition) is 2. The number of benzene rings is 4. The van der Waals surface area contributed by atoms with E-state index in [2.05, 4.69) is 129 Å². The topological polar surface area (TPSA) is 37.2 Å². The second-order valence-corrected chi connectivity index (χ2v) is 9.83. The van der Waals surface area contributed by atoms with Crippen molar-refractivity contribution in [2.75, 3.05) is 11.9 Å². The molecule has 0 aliphatic carbocycles. The molecule has 5 rings (SSSR count). The van der Waals surface area contributed by atoms with Crippen molar-refractivity contribution in [3.63, 3.8) is 0 Å². The van der Waals surface area contributed by atoms with E-state index in [0.717, 1.165) is 16.9 Å². The predicted molar refractivity (Wildman–Crippen MR) is 153 cm³/mol. The molecular weight excluding hydrogens is 440 g/mol. The number of aromatic nitrogens is 1. The van der Waals surface area contributed by atoms with E-state index in [-0.39, 0.29) is 0 Å². The zero-order valence-corrected chi connectivity index (χ0v) is 21.5. The maximum atomic E-state index is 11.3. The van der Waals surface area contributed by atoms with E-state index in [1.165, 1.54) is 44.3 Å². The molecule has 0 saturated heterocycles. The zero-order chi connectivity index (χ0) is 25.2. The molecule has 1 atom stereocenters. The van der Waals surface area contributed by atoms with Gasteiger partial charge in [0.25, 0.3) is 0 Å². The van der Waals surface area contributed by atoms with Crippen molar-refractivity contribution in [1.29, 1.82) is 0 Å². The SMILES string of the molecule is Cc1cc(C)c2c(c1)c(-c1ccccc1)c(-c1ccccc1)n2C[C@@H](O)CNc1cccc(C)c1C. The number of hydrogen-bond acceptors (Lipinski definition) is 2. The van der Waals surface area contributed by atoms with Gasteiger partial charge in [-0.1, -0.05) is 84.4 Å². The van der Waals surface area contributed by atoms with Gasteiger partial charge in [-0.15, -0.1) is 0 Å². The normalized spacial score (nSPS) is 12.1. The average Bonchev–Trinajstić information content (AvgIpc) is 3.19. The first-order valence-electron chi connectivity index (χ1n) is 12.7. The zero-order valence-electron chi connectivity index (χ0n) is 21.5. The lowest BCUT2D eigenvalue weighted by Crippen LogP contribution is -2.25. The van der Waals surface area contributed by atoms with Gasteiger partial charge in [0, 0.05) is 23.2 Å². The summed E-state index contributed by atoms with van der Waals surface area (Å²) in [7, 11) is 0. The lowest BCUT2D eigenvalue weighted by Gasteiger charge is -2.19. The lowest BCUT2D eigenvalue weighted by atomic mass is 9.97. The van der Waals surface area contributed by atoms with E-state index >= 15 is 0 Å². The molecule has 2 N–H and O–H groups in total. The maximum absolute atomic E-state index is 11.3. The van der Waals surface area contributed by atoms with Crippen molar-refractivity contribution >= 4 is 16.6 Å². The van der Waals surface area contributed by atoms with Crippen LogP contribution in [-0.4, -0.2) is 22.3 Å². The second-order valence-electron chi connectivity index (χ2n) is 9.83. The summed E-state index contributed by atoms with van der Waals surface area (Å²) in [6.07, 6.45) is -0.563. The molecule has 0 saturated carbocycles. The van der Waals surface area contributed by atoms with Gasteiger partial charge in [-0.05, 0) is 67.6 Å². The molecular formula is C33H34N2O. The van der Waals surface area contributed by atoms with Gasteiger partial charge in [0.15, 0.2) is 0 Å². The van der Waals surface area contributed by atoms with Crippen LogP contribution >= 0.6 is 0 Å². The molecule has 0 aliphatic heterocycles. The summed E-state index contributed by atoms with van der Waals surface area (Å²) in [5, 5.41) is 16.0. The monoisotopic (exact) mass is 474 g/mol. The number of aliphatic hydroxyl groups excluding tert-OH is 1. The second kappa shape index (κ2) is 10.0. The minimum atomic E-state index is -0.563. The largest absolute Gasteiger partial charge is 0.389 e. The highest BCUT2D eigenvalue weighted by Crippen LogP contribution is 2.42. The van der Waals surface area contributed by atoms with Crippen LogP contribution in [0.5, 0.6) is 0 Å². The Morgan fingerprint density at radius 2 is 1.42 bits per heavy atom. The number of fused-ring (bicyclic) bond motifs is 1. The minimum absolute atomic E-state index is 0.476. The van der Waals surface area contributed by atoms with Crippen LogP contribution in [0, 0.1) is 27.7 Å². The van der Waals surface area contributed by atoms with Crippen molar-refractivity contribution in [3.05, 3.63) is 113 Å². The van der Waals surface area contributed by atoms with E-state index in [4.69, 9.17) is 0 Å². The molecule has 5 aromatic rings. The van der Waals surface area contributed by atoms with E-state index in [1.807, 2.05) is 0 Å². The Kier molecular flexibility index (Phi) is 6.67. The van der Waals surface area contributed by atoms with Crippen LogP contribution in [0.25, 0.3) is 33.3 Å². The van der Waals surface area contributed by atoms with Crippen molar-refractivity contribution in [2.24, 2.45) is 0 Å². The van der Waals surface area contributed by atoms with Gasteiger partial charge in [-0.2, -0.15) is 0 Å². The Labute approximate surface area is 214 Å². The average molecular weight is 475 g/mol. The Morgan fingerprint density at radius 1 is 0.750 bits per heavy atom.